The van der Waals surface area contributed by atoms with E-state index in [1.54, 1.807) is 26.5 Å². The van der Waals surface area contributed by atoms with Gasteiger partial charge in [0, 0.05) is 31.4 Å². The van der Waals surface area contributed by atoms with Crippen molar-refractivity contribution in [1.82, 2.24) is 15.3 Å². The minimum atomic E-state index is -0.243. The molecule has 0 unspecified atom stereocenters. The lowest BCUT2D eigenvalue weighted by molar-refractivity contribution is 0.0945. The summed E-state index contributed by atoms with van der Waals surface area (Å²) in [5, 5.41) is 2.88. The number of nitrogens with one attached hydrogen (secondary N) is 1. The topological polar surface area (TPSA) is 76.6 Å². The molecule has 0 radical (unpaired) electrons. The van der Waals surface area contributed by atoms with Gasteiger partial charge in [0.25, 0.3) is 5.91 Å². The summed E-state index contributed by atoms with van der Waals surface area (Å²) in [5.41, 5.74) is 1.20. The number of hydrogen-bond donors (Lipinski definition) is 1. The molecular weight excluding hydrogens is 320 g/mol. The SMILES string of the molecule is COc1ccc(OC)c(CNC(=O)c2ccnc(N3CCCC3)n2)c1. The average molecular weight is 342 g/mol. The number of carbonyl (C=O) groups excluding carboxylic acids is 1. The Morgan fingerprint density at radius 2 is 2.00 bits per heavy atom. The van der Waals surface area contributed by atoms with E-state index in [2.05, 4.69) is 20.2 Å². The van der Waals surface area contributed by atoms with Crippen molar-refractivity contribution in [1.29, 1.82) is 0 Å². The summed E-state index contributed by atoms with van der Waals surface area (Å²) < 4.78 is 10.6. The van der Waals surface area contributed by atoms with Crippen LogP contribution in [0.2, 0.25) is 0 Å². The molecule has 2 aromatic rings. The molecule has 1 N–H and O–H groups in total. The van der Waals surface area contributed by atoms with E-state index < -0.39 is 0 Å². The smallest absolute Gasteiger partial charge is 0.270 e. The van der Waals surface area contributed by atoms with Crippen LogP contribution in [0.1, 0.15) is 28.9 Å². The van der Waals surface area contributed by atoms with Crippen LogP contribution in [-0.4, -0.2) is 43.2 Å². The van der Waals surface area contributed by atoms with Crippen LogP contribution in [0.25, 0.3) is 0 Å². The molecule has 7 heteroatoms. The van der Waals surface area contributed by atoms with Crippen LogP contribution < -0.4 is 19.7 Å². The molecule has 1 aromatic carbocycles. The number of ether oxygens (including phenoxy) is 2. The molecule has 0 bridgehead atoms. The van der Waals surface area contributed by atoms with Gasteiger partial charge in [-0.15, -0.1) is 0 Å². The standard InChI is InChI=1S/C18H22N4O3/c1-24-14-5-6-16(25-2)13(11-14)12-20-17(23)15-7-8-19-18(21-15)22-9-3-4-10-22/h5-8,11H,3-4,9-10,12H2,1-2H3,(H,20,23). The first-order valence-electron chi connectivity index (χ1n) is 8.28. The van der Waals surface area contributed by atoms with E-state index in [1.807, 2.05) is 18.2 Å². The normalized spacial score (nSPS) is 13.6. The summed E-state index contributed by atoms with van der Waals surface area (Å²) in [4.78, 5) is 23.2. The first-order valence-corrected chi connectivity index (χ1v) is 8.28. The van der Waals surface area contributed by atoms with Gasteiger partial charge in [-0.05, 0) is 37.1 Å². The highest BCUT2D eigenvalue weighted by molar-refractivity contribution is 5.92. The number of rotatable bonds is 6. The predicted octanol–water partition coefficient (Wildman–Crippen LogP) is 2.02. The van der Waals surface area contributed by atoms with E-state index in [-0.39, 0.29) is 5.91 Å². The van der Waals surface area contributed by atoms with Crippen molar-refractivity contribution in [3.05, 3.63) is 41.7 Å². The zero-order chi connectivity index (χ0) is 17.6. The molecule has 2 heterocycles. The molecule has 1 saturated heterocycles. The van der Waals surface area contributed by atoms with Gasteiger partial charge in [0.1, 0.15) is 17.2 Å². The molecule has 1 aromatic heterocycles. The van der Waals surface area contributed by atoms with Crippen molar-refractivity contribution in [2.75, 3.05) is 32.2 Å². The lowest BCUT2D eigenvalue weighted by Gasteiger charge is -2.15. The van der Waals surface area contributed by atoms with E-state index in [4.69, 9.17) is 9.47 Å². The summed E-state index contributed by atoms with van der Waals surface area (Å²) in [7, 11) is 3.20. The van der Waals surface area contributed by atoms with Gasteiger partial charge < -0.3 is 19.7 Å². The van der Waals surface area contributed by atoms with Crippen LogP contribution in [-0.2, 0) is 6.54 Å². The van der Waals surface area contributed by atoms with Crippen molar-refractivity contribution in [3.63, 3.8) is 0 Å². The minimum absolute atomic E-state index is 0.243. The highest BCUT2D eigenvalue weighted by atomic mass is 16.5. The van der Waals surface area contributed by atoms with Gasteiger partial charge in [-0.3, -0.25) is 4.79 Å². The molecule has 0 atom stereocenters. The van der Waals surface area contributed by atoms with Gasteiger partial charge in [-0.2, -0.15) is 0 Å². The summed E-state index contributed by atoms with van der Waals surface area (Å²) in [6.45, 7) is 2.19. The fraction of sp³-hybridized carbons (Fsp3) is 0.389. The number of methoxy groups -OCH3 is 2. The second-order valence-electron chi connectivity index (χ2n) is 5.80. The molecule has 1 aliphatic heterocycles. The van der Waals surface area contributed by atoms with E-state index in [0.29, 0.717) is 29.7 Å². The third-order valence-electron chi connectivity index (χ3n) is 4.19. The van der Waals surface area contributed by atoms with Gasteiger partial charge in [0.2, 0.25) is 5.95 Å². The van der Waals surface area contributed by atoms with Crippen molar-refractivity contribution in [3.8, 4) is 11.5 Å². The molecule has 25 heavy (non-hydrogen) atoms. The fourth-order valence-electron chi connectivity index (χ4n) is 2.83. The van der Waals surface area contributed by atoms with Crippen molar-refractivity contribution in [2.24, 2.45) is 0 Å². The zero-order valence-electron chi connectivity index (χ0n) is 14.5. The Bertz CT molecular complexity index is 745. The van der Waals surface area contributed by atoms with Crippen molar-refractivity contribution < 1.29 is 14.3 Å². The summed E-state index contributed by atoms with van der Waals surface area (Å²) in [6, 6.07) is 7.10. The van der Waals surface area contributed by atoms with Gasteiger partial charge in [0.15, 0.2) is 0 Å². The lowest BCUT2D eigenvalue weighted by Crippen LogP contribution is -2.26. The van der Waals surface area contributed by atoms with E-state index in [0.717, 1.165) is 31.5 Å². The predicted molar refractivity (Wildman–Crippen MR) is 94.2 cm³/mol. The lowest BCUT2D eigenvalue weighted by atomic mass is 10.2. The number of amides is 1. The van der Waals surface area contributed by atoms with Crippen LogP contribution in [0.4, 0.5) is 5.95 Å². The maximum Gasteiger partial charge on any atom is 0.270 e. The largest absolute Gasteiger partial charge is 0.497 e. The molecular formula is C18H22N4O3. The summed E-state index contributed by atoms with van der Waals surface area (Å²) in [5.74, 6) is 1.78. The number of carbonyl (C=O) groups is 1. The zero-order valence-corrected chi connectivity index (χ0v) is 14.5. The monoisotopic (exact) mass is 342 g/mol. The van der Waals surface area contributed by atoms with Gasteiger partial charge in [-0.1, -0.05) is 0 Å². The molecule has 0 saturated carbocycles. The molecule has 7 nitrogen and oxygen atoms in total. The first-order chi connectivity index (χ1) is 12.2. The number of nitrogens with zero attached hydrogens (tertiary/aromatic N) is 3. The molecule has 1 aliphatic rings. The number of hydrogen-bond acceptors (Lipinski definition) is 6. The van der Waals surface area contributed by atoms with E-state index in [9.17, 15) is 4.79 Å². The Morgan fingerprint density at radius 3 is 2.72 bits per heavy atom. The van der Waals surface area contributed by atoms with Crippen molar-refractivity contribution >= 4 is 11.9 Å². The molecule has 3 rings (SSSR count). The van der Waals surface area contributed by atoms with Crippen molar-refractivity contribution in [2.45, 2.75) is 19.4 Å². The first kappa shape index (κ1) is 17.0. The Balaban J connectivity index is 1.69. The third-order valence-corrected chi connectivity index (χ3v) is 4.19. The van der Waals surface area contributed by atoms with Gasteiger partial charge in [-0.25, -0.2) is 9.97 Å². The van der Waals surface area contributed by atoms with Crippen LogP contribution in [0.5, 0.6) is 11.5 Å². The second kappa shape index (κ2) is 7.83. The number of aromatic nitrogens is 2. The Hall–Kier alpha value is -2.83. The Kier molecular flexibility index (Phi) is 5.33. The van der Waals surface area contributed by atoms with Gasteiger partial charge in [0.05, 0.1) is 14.2 Å². The molecule has 132 valence electrons. The fourth-order valence-corrected chi connectivity index (χ4v) is 2.83. The quantitative estimate of drug-likeness (QED) is 0.865. The highest BCUT2D eigenvalue weighted by Gasteiger charge is 2.17. The number of anilines is 1. The Labute approximate surface area is 147 Å². The van der Waals surface area contributed by atoms with Crippen LogP contribution >= 0.6 is 0 Å². The second-order valence-corrected chi connectivity index (χ2v) is 5.80. The molecule has 0 aliphatic carbocycles. The Morgan fingerprint density at radius 1 is 1.20 bits per heavy atom. The third kappa shape index (κ3) is 3.99. The van der Waals surface area contributed by atoms with E-state index >= 15 is 0 Å². The molecule has 1 amide bonds. The minimum Gasteiger partial charge on any atom is -0.497 e. The van der Waals surface area contributed by atoms with Crippen LogP contribution in [0.15, 0.2) is 30.5 Å². The highest BCUT2D eigenvalue weighted by Crippen LogP contribution is 2.23. The maximum absolute atomic E-state index is 12.4. The van der Waals surface area contributed by atoms with Crippen LogP contribution in [0.3, 0.4) is 0 Å². The number of benzene rings is 1. The van der Waals surface area contributed by atoms with Gasteiger partial charge >= 0.3 is 0 Å². The summed E-state index contributed by atoms with van der Waals surface area (Å²) >= 11 is 0. The van der Waals surface area contributed by atoms with E-state index in [1.165, 1.54) is 0 Å². The summed E-state index contributed by atoms with van der Waals surface area (Å²) in [6.07, 6.45) is 3.90. The molecule has 1 fully saturated rings. The maximum atomic E-state index is 12.4. The molecule has 0 spiro atoms. The van der Waals surface area contributed by atoms with Crippen LogP contribution in [0, 0.1) is 0 Å². The average Bonchev–Trinajstić information content (AvgIpc) is 3.20.